The van der Waals surface area contributed by atoms with Crippen LogP contribution in [0.3, 0.4) is 0 Å². The molecule has 1 aromatic rings. The summed E-state index contributed by atoms with van der Waals surface area (Å²) in [6, 6.07) is 1.66. The lowest BCUT2D eigenvalue weighted by molar-refractivity contribution is 0.672. The quantitative estimate of drug-likeness (QED) is 0.694. The molecule has 0 amide bonds. The fraction of sp³-hybridized carbons (Fsp3) is 0.625. The Hall–Kier alpha value is -0.990. The number of aromatic nitrogens is 2. The number of aryl methyl sites for hydroxylation is 2. The highest BCUT2D eigenvalue weighted by Gasteiger charge is 1.98. The van der Waals surface area contributed by atoms with E-state index < -0.39 is 0 Å². The summed E-state index contributed by atoms with van der Waals surface area (Å²) in [5, 5.41) is 2.68. The Morgan fingerprint density at radius 1 is 1.64 bits per heavy atom. The summed E-state index contributed by atoms with van der Waals surface area (Å²) in [5.74, 6) is 0. The second-order valence-corrected chi connectivity index (χ2v) is 2.77. The largest absolute Gasteiger partial charge is 0.292 e. The van der Waals surface area contributed by atoms with Gasteiger partial charge in [-0.05, 0) is 12.8 Å². The van der Waals surface area contributed by atoms with E-state index >= 15 is 0 Å². The van der Waals surface area contributed by atoms with Crippen LogP contribution in [-0.4, -0.2) is 9.78 Å². The molecule has 0 aromatic carbocycles. The fourth-order valence-corrected chi connectivity index (χ4v) is 1.12. The van der Waals surface area contributed by atoms with Crippen molar-refractivity contribution in [2.75, 3.05) is 0 Å². The number of nitrogens with zero attached hydrogens (tertiary/aromatic N) is 1. The van der Waals surface area contributed by atoms with E-state index in [2.05, 4.69) is 12.0 Å². The molecular formula is C8H14N2O. The van der Waals surface area contributed by atoms with E-state index in [0.29, 0.717) is 0 Å². The summed E-state index contributed by atoms with van der Waals surface area (Å²) in [4.78, 5) is 10.8. The van der Waals surface area contributed by atoms with E-state index in [1.54, 1.807) is 10.7 Å². The average molecular weight is 154 g/mol. The highest BCUT2D eigenvalue weighted by Crippen LogP contribution is 1.99. The Bertz CT molecular complexity index is 272. The Labute approximate surface area is 66.0 Å². The molecule has 0 saturated heterocycles. The number of unbranched alkanes of at least 4 members (excludes halogenated alkanes) is 1. The monoisotopic (exact) mass is 154 g/mol. The van der Waals surface area contributed by atoms with E-state index in [-0.39, 0.29) is 5.56 Å². The third-order valence-electron chi connectivity index (χ3n) is 1.79. The van der Waals surface area contributed by atoms with Gasteiger partial charge < -0.3 is 0 Å². The zero-order valence-corrected chi connectivity index (χ0v) is 7.05. The van der Waals surface area contributed by atoms with E-state index in [0.717, 1.165) is 18.5 Å². The van der Waals surface area contributed by atoms with E-state index in [4.69, 9.17) is 0 Å². The van der Waals surface area contributed by atoms with Crippen LogP contribution in [-0.2, 0) is 13.5 Å². The van der Waals surface area contributed by atoms with Crippen molar-refractivity contribution in [3.8, 4) is 0 Å². The summed E-state index contributed by atoms with van der Waals surface area (Å²) in [6.07, 6.45) is 3.30. The average Bonchev–Trinajstić information content (AvgIpc) is 2.26. The third kappa shape index (κ3) is 1.97. The van der Waals surface area contributed by atoms with Crippen molar-refractivity contribution in [3.05, 3.63) is 22.1 Å². The van der Waals surface area contributed by atoms with Gasteiger partial charge in [0.1, 0.15) is 0 Å². The lowest BCUT2D eigenvalue weighted by Crippen LogP contribution is -2.01. The van der Waals surface area contributed by atoms with Gasteiger partial charge in [-0.25, -0.2) is 0 Å². The van der Waals surface area contributed by atoms with Gasteiger partial charge in [-0.1, -0.05) is 13.3 Å². The molecule has 0 saturated carbocycles. The molecule has 0 spiro atoms. The molecule has 1 heterocycles. The highest BCUT2D eigenvalue weighted by atomic mass is 16.1. The van der Waals surface area contributed by atoms with Crippen LogP contribution >= 0.6 is 0 Å². The maximum atomic E-state index is 10.8. The zero-order valence-electron chi connectivity index (χ0n) is 7.05. The number of hydrogen-bond acceptors (Lipinski definition) is 1. The van der Waals surface area contributed by atoms with Gasteiger partial charge in [0.25, 0.3) is 5.56 Å². The molecular weight excluding hydrogens is 140 g/mol. The topological polar surface area (TPSA) is 37.8 Å². The van der Waals surface area contributed by atoms with E-state index in [1.165, 1.54) is 6.42 Å². The minimum Gasteiger partial charge on any atom is -0.292 e. The Morgan fingerprint density at radius 2 is 2.36 bits per heavy atom. The fourth-order valence-electron chi connectivity index (χ4n) is 1.12. The molecule has 1 aromatic heterocycles. The highest BCUT2D eigenvalue weighted by molar-refractivity contribution is 5.00. The standard InChI is InChI=1S/C8H14N2O/c1-3-4-5-7-6-8(11)9-10(7)2/h6H,3-5H2,1-2H3,(H,9,11). The third-order valence-corrected chi connectivity index (χ3v) is 1.79. The Morgan fingerprint density at radius 3 is 2.82 bits per heavy atom. The smallest absolute Gasteiger partial charge is 0.264 e. The van der Waals surface area contributed by atoms with Crippen molar-refractivity contribution in [3.63, 3.8) is 0 Å². The molecule has 0 atom stereocenters. The van der Waals surface area contributed by atoms with Gasteiger partial charge in [0.15, 0.2) is 0 Å². The maximum absolute atomic E-state index is 10.8. The maximum Gasteiger partial charge on any atom is 0.264 e. The van der Waals surface area contributed by atoms with Crippen molar-refractivity contribution >= 4 is 0 Å². The summed E-state index contributed by atoms with van der Waals surface area (Å²) >= 11 is 0. The SMILES string of the molecule is CCCCc1cc(=O)[nH]n1C. The first-order valence-corrected chi connectivity index (χ1v) is 3.99. The lowest BCUT2D eigenvalue weighted by Gasteiger charge is -1.98. The van der Waals surface area contributed by atoms with Crippen LogP contribution in [0.25, 0.3) is 0 Å². The molecule has 0 aliphatic carbocycles. The molecule has 3 heteroatoms. The van der Waals surface area contributed by atoms with E-state index in [9.17, 15) is 4.79 Å². The van der Waals surface area contributed by atoms with Crippen LogP contribution in [0.4, 0.5) is 0 Å². The molecule has 0 aliphatic heterocycles. The lowest BCUT2D eigenvalue weighted by atomic mass is 10.2. The van der Waals surface area contributed by atoms with Gasteiger partial charge in [-0.2, -0.15) is 0 Å². The number of aromatic amines is 1. The van der Waals surface area contributed by atoms with Gasteiger partial charge in [-0.3, -0.25) is 14.6 Å². The first-order chi connectivity index (χ1) is 5.24. The first-order valence-electron chi connectivity index (χ1n) is 3.99. The van der Waals surface area contributed by atoms with E-state index in [1.807, 2.05) is 7.05 Å². The summed E-state index contributed by atoms with van der Waals surface area (Å²) in [5.41, 5.74) is 1.09. The molecule has 3 nitrogen and oxygen atoms in total. The molecule has 0 radical (unpaired) electrons. The van der Waals surface area contributed by atoms with Gasteiger partial charge in [0.05, 0.1) is 0 Å². The second kappa shape index (κ2) is 3.42. The molecule has 62 valence electrons. The molecule has 0 fully saturated rings. The number of H-pyrrole nitrogens is 1. The summed E-state index contributed by atoms with van der Waals surface area (Å²) in [7, 11) is 1.87. The predicted molar refractivity (Wildman–Crippen MR) is 44.6 cm³/mol. The van der Waals surface area contributed by atoms with Crippen molar-refractivity contribution < 1.29 is 0 Å². The van der Waals surface area contributed by atoms with Crippen LogP contribution in [0.5, 0.6) is 0 Å². The van der Waals surface area contributed by atoms with Crippen molar-refractivity contribution in [2.45, 2.75) is 26.2 Å². The van der Waals surface area contributed by atoms with Crippen LogP contribution in [0, 0.1) is 0 Å². The number of hydrogen-bond donors (Lipinski definition) is 1. The van der Waals surface area contributed by atoms with Crippen LogP contribution in [0.1, 0.15) is 25.5 Å². The van der Waals surface area contributed by atoms with Crippen LogP contribution in [0.15, 0.2) is 10.9 Å². The molecule has 0 aliphatic rings. The number of nitrogens with one attached hydrogen (secondary N) is 1. The Kier molecular flexibility index (Phi) is 2.52. The van der Waals surface area contributed by atoms with Gasteiger partial charge in [0.2, 0.25) is 0 Å². The molecule has 1 rings (SSSR count). The van der Waals surface area contributed by atoms with Crippen molar-refractivity contribution in [1.82, 2.24) is 9.78 Å². The van der Waals surface area contributed by atoms with Crippen molar-refractivity contribution in [1.29, 1.82) is 0 Å². The predicted octanol–water partition coefficient (Wildman–Crippen LogP) is 1.06. The Balaban J connectivity index is 2.69. The minimum atomic E-state index is -0.00129. The summed E-state index contributed by atoms with van der Waals surface area (Å²) in [6.45, 7) is 2.14. The van der Waals surface area contributed by atoms with Gasteiger partial charge in [0, 0.05) is 18.8 Å². The van der Waals surface area contributed by atoms with Crippen molar-refractivity contribution in [2.24, 2.45) is 7.05 Å². The van der Waals surface area contributed by atoms with Gasteiger partial charge >= 0.3 is 0 Å². The van der Waals surface area contributed by atoms with Crippen LogP contribution in [0.2, 0.25) is 0 Å². The minimum absolute atomic E-state index is 0.00129. The number of rotatable bonds is 3. The van der Waals surface area contributed by atoms with Gasteiger partial charge in [-0.15, -0.1) is 0 Å². The molecule has 0 unspecified atom stereocenters. The molecule has 1 N–H and O–H groups in total. The zero-order chi connectivity index (χ0) is 8.27. The van der Waals surface area contributed by atoms with Crippen LogP contribution < -0.4 is 5.56 Å². The molecule has 0 bridgehead atoms. The normalized spacial score (nSPS) is 10.4. The summed E-state index contributed by atoms with van der Waals surface area (Å²) < 4.78 is 1.79. The first kappa shape index (κ1) is 8.11. The second-order valence-electron chi connectivity index (χ2n) is 2.77. The molecule has 11 heavy (non-hydrogen) atoms.